The van der Waals surface area contributed by atoms with Crippen LogP contribution in [0.15, 0.2) is 28.8 Å². The molecule has 0 N–H and O–H groups in total. The molecule has 0 saturated carbocycles. The molecular weight excluding hydrogens is 267 g/mol. The van der Waals surface area contributed by atoms with Gasteiger partial charge < -0.3 is 4.74 Å². The maximum Gasteiger partial charge on any atom is 0.312 e. The molecule has 0 aliphatic heterocycles. The lowest BCUT2D eigenvalue weighted by Gasteiger charge is -2.05. The molecule has 0 spiro atoms. The van der Waals surface area contributed by atoms with E-state index in [1.165, 1.54) is 12.1 Å². The first kappa shape index (κ1) is 13.3. The van der Waals surface area contributed by atoms with Crippen molar-refractivity contribution in [3.05, 3.63) is 44.4 Å². The number of nitro groups is 1. The molecule has 0 aliphatic carbocycles. The average molecular weight is 273 g/mol. The van der Waals surface area contributed by atoms with Gasteiger partial charge in [0.1, 0.15) is 6.61 Å². The summed E-state index contributed by atoms with van der Waals surface area (Å²) in [6.07, 6.45) is 0. The topological polar surface area (TPSA) is 76.2 Å². The van der Waals surface area contributed by atoms with Gasteiger partial charge in [0.15, 0.2) is 5.75 Å². The van der Waals surface area contributed by atoms with Gasteiger partial charge in [-0.15, -0.1) is 0 Å². The highest BCUT2D eigenvalue weighted by Gasteiger charge is 2.16. The van der Waals surface area contributed by atoms with E-state index in [-0.39, 0.29) is 28.6 Å². The number of nitrogens with zero attached hydrogens (tertiary/aromatic N) is 2. The third-order valence-corrected chi connectivity index (χ3v) is 2.36. The molecule has 0 aliphatic rings. The lowest BCUT2D eigenvalue weighted by atomic mass is 10.2. The largest absolute Gasteiger partial charge is 0.481 e. The fourth-order valence-electron chi connectivity index (χ4n) is 1.03. The number of nitriles is 1. The molecule has 1 aromatic carbocycles. The van der Waals surface area contributed by atoms with E-state index < -0.39 is 4.92 Å². The third kappa shape index (κ3) is 3.63. The summed E-state index contributed by atoms with van der Waals surface area (Å²) in [6, 6.07) is 5.70. The molecule has 0 fully saturated rings. The molecule has 0 bridgehead atoms. The molecule has 0 atom stereocenters. The van der Waals surface area contributed by atoms with Crippen LogP contribution in [0.25, 0.3) is 0 Å². The van der Waals surface area contributed by atoms with Crippen LogP contribution >= 0.6 is 23.2 Å². The number of nitro benzene ring substituents is 1. The number of benzene rings is 1. The lowest BCUT2D eigenvalue weighted by molar-refractivity contribution is -0.385. The van der Waals surface area contributed by atoms with E-state index in [1.807, 2.05) is 0 Å². The van der Waals surface area contributed by atoms with Crippen molar-refractivity contribution in [2.75, 3.05) is 6.61 Å². The zero-order valence-electron chi connectivity index (χ0n) is 8.39. The first-order chi connectivity index (χ1) is 8.08. The fourth-order valence-corrected chi connectivity index (χ4v) is 1.15. The summed E-state index contributed by atoms with van der Waals surface area (Å²) in [5.74, 6) is 0.0330. The molecule has 0 unspecified atom stereocenters. The fraction of sp³-hybridized carbons (Fsp3) is 0.100. The van der Waals surface area contributed by atoms with E-state index in [0.717, 1.165) is 11.6 Å². The van der Waals surface area contributed by atoms with Crippen molar-refractivity contribution in [2.24, 2.45) is 0 Å². The van der Waals surface area contributed by atoms with Crippen LogP contribution < -0.4 is 4.74 Å². The quantitative estimate of drug-likeness (QED) is 0.623. The van der Waals surface area contributed by atoms with Crippen molar-refractivity contribution in [1.82, 2.24) is 0 Å². The predicted molar refractivity (Wildman–Crippen MR) is 63.1 cm³/mol. The van der Waals surface area contributed by atoms with Crippen molar-refractivity contribution in [2.45, 2.75) is 0 Å². The van der Waals surface area contributed by atoms with Crippen LogP contribution in [0.2, 0.25) is 0 Å². The molecule has 1 rings (SSSR count). The smallest absolute Gasteiger partial charge is 0.312 e. The molecule has 5 nitrogen and oxygen atoms in total. The first-order valence-electron chi connectivity index (χ1n) is 4.34. The van der Waals surface area contributed by atoms with Crippen LogP contribution in [0.3, 0.4) is 0 Å². The Kier molecular flexibility index (Phi) is 4.76. The summed E-state index contributed by atoms with van der Waals surface area (Å²) in [4.78, 5) is 10.1. The minimum Gasteiger partial charge on any atom is -0.481 e. The van der Waals surface area contributed by atoms with E-state index in [4.69, 9.17) is 33.2 Å². The van der Waals surface area contributed by atoms with E-state index in [9.17, 15) is 10.1 Å². The minimum atomic E-state index is -0.630. The molecule has 0 amide bonds. The maximum atomic E-state index is 10.7. The summed E-state index contributed by atoms with van der Waals surface area (Å²) in [5, 5.41) is 19.6. The van der Waals surface area contributed by atoms with E-state index in [1.54, 1.807) is 6.07 Å². The Hall–Kier alpha value is -1.77. The van der Waals surface area contributed by atoms with Crippen LogP contribution in [-0.4, -0.2) is 11.5 Å². The van der Waals surface area contributed by atoms with Gasteiger partial charge in [-0.2, -0.15) is 5.26 Å². The van der Waals surface area contributed by atoms with Crippen LogP contribution in [0, 0.1) is 21.4 Å². The van der Waals surface area contributed by atoms with E-state index in [2.05, 4.69) is 0 Å². The van der Waals surface area contributed by atoms with Gasteiger partial charge in [-0.1, -0.05) is 23.2 Å². The normalized spacial score (nSPS) is 10.8. The van der Waals surface area contributed by atoms with Gasteiger partial charge in [-0.3, -0.25) is 10.1 Å². The van der Waals surface area contributed by atoms with E-state index >= 15 is 0 Å². The Morgan fingerprint density at radius 2 is 2.35 bits per heavy atom. The van der Waals surface area contributed by atoms with Crippen LogP contribution in [-0.2, 0) is 0 Å². The van der Waals surface area contributed by atoms with Gasteiger partial charge in [0.05, 0.1) is 21.6 Å². The van der Waals surface area contributed by atoms with Gasteiger partial charge in [0.25, 0.3) is 0 Å². The Morgan fingerprint density at radius 3 is 2.88 bits per heavy atom. The standard InChI is InChI=1S/C10H6Cl2N2O3/c11-4-8(12)6-17-10-2-1-7(5-13)3-9(10)14(15)16/h1-4H,6H2/b8-4-. The summed E-state index contributed by atoms with van der Waals surface area (Å²) >= 11 is 10.9. The Bertz CT molecular complexity index is 509. The molecule has 0 aromatic heterocycles. The summed E-state index contributed by atoms with van der Waals surface area (Å²) < 4.78 is 5.11. The van der Waals surface area contributed by atoms with Crippen LogP contribution in [0.1, 0.15) is 5.56 Å². The number of hydrogen-bond donors (Lipinski definition) is 0. The summed E-state index contributed by atoms with van der Waals surface area (Å²) in [7, 11) is 0. The lowest BCUT2D eigenvalue weighted by Crippen LogP contribution is -2.00. The Morgan fingerprint density at radius 1 is 1.65 bits per heavy atom. The van der Waals surface area contributed by atoms with Crippen molar-refractivity contribution in [3.8, 4) is 11.8 Å². The SMILES string of the molecule is N#Cc1ccc(OC/C(Cl)=C/Cl)c([N+](=O)[O-])c1. The molecule has 17 heavy (non-hydrogen) atoms. The van der Waals surface area contributed by atoms with Gasteiger partial charge in [-0.25, -0.2) is 0 Å². The van der Waals surface area contributed by atoms with Crippen molar-refractivity contribution >= 4 is 28.9 Å². The highest BCUT2D eigenvalue weighted by molar-refractivity contribution is 6.36. The minimum absolute atomic E-state index is 0.0330. The van der Waals surface area contributed by atoms with Crippen molar-refractivity contribution in [1.29, 1.82) is 5.26 Å². The Balaban J connectivity index is 2.99. The first-order valence-corrected chi connectivity index (χ1v) is 5.16. The highest BCUT2D eigenvalue weighted by atomic mass is 35.5. The van der Waals surface area contributed by atoms with Crippen LogP contribution in [0.4, 0.5) is 5.69 Å². The molecule has 0 heterocycles. The predicted octanol–water partition coefficient (Wildman–Crippen LogP) is 3.16. The molecular formula is C10H6Cl2N2O3. The second-order valence-electron chi connectivity index (χ2n) is 2.90. The number of rotatable bonds is 4. The maximum absolute atomic E-state index is 10.7. The molecule has 1 aromatic rings. The summed E-state index contributed by atoms with van der Waals surface area (Å²) in [6.45, 7) is -0.0716. The highest BCUT2D eigenvalue weighted by Crippen LogP contribution is 2.28. The second-order valence-corrected chi connectivity index (χ2v) is 3.60. The molecule has 0 saturated heterocycles. The van der Waals surface area contributed by atoms with Gasteiger partial charge in [-0.05, 0) is 12.1 Å². The number of hydrogen-bond acceptors (Lipinski definition) is 4. The summed E-state index contributed by atoms with van der Waals surface area (Å²) in [5.41, 5.74) is 1.00. The zero-order valence-corrected chi connectivity index (χ0v) is 9.90. The van der Waals surface area contributed by atoms with Crippen molar-refractivity contribution in [3.63, 3.8) is 0 Å². The van der Waals surface area contributed by atoms with Crippen molar-refractivity contribution < 1.29 is 9.66 Å². The number of halogens is 2. The second kappa shape index (κ2) is 6.09. The Labute approximate surface area is 107 Å². The van der Waals surface area contributed by atoms with Gasteiger partial charge >= 0.3 is 5.69 Å². The zero-order chi connectivity index (χ0) is 12.8. The monoisotopic (exact) mass is 272 g/mol. The van der Waals surface area contributed by atoms with Crippen LogP contribution in [0.5, 0.6) is 5.75 Å². The van der Waals surface area contributed by atoms with Gasteiger partial charge in [0, 0.05) is 11.6 Å². The van der Waals surface area contributed by atoms with E-state index in [0.29, 0.717) is 0 Å². The van der Waals surface area contributed by atoms with Gasteiger partial charge in [0.2, 0.25) is 0 Å². The molecule has 0 radical (unpaired) electrons. The molecule has 7 heteroatoms. The number of ether oxygens (including phenoxy) is 1. The molecule has 88 valence electrons. The average Bonchev–Trinajstić information content (AvgIpc) is 2.35. The third-order valence-electron chi connectivity index (χ3n) is 1.77.